The van der Waals surface area contributed by atoms with Crippen LogP contribution in [-0.2, 0) is 29.1 Å². The minimum absolute atomic E-state index is 0.00601. The van der Waals surface area contributed by atoms with E-state index in [0.717, 1.165) is 27.8 Å². The number of hydrogen-bond donors (Lipinski definition) is 1. The Hall–Kier alpha value is -3.26. The van der Waals surface area contributed by atoms with Crippen molar-refractivity contribution in [2.24, 2.45) is 0 Å². The maximum Gasteiger partial charge on any atom is 0.306 e. The standard InChI is InChI=1S/C37H48O6Si/c1-26-13-17-29(18-14-26)37(28-11-9-8-10-12-28,30-19-15-27(2)16-20-30)42-32-23-31(41-35(40)22-21-34(38)39)24-33(25-32)43-44(6,7)36(3,4)5/h8-20,31-33H,21-25H2,1-7H3,(H,38,39)/t31-,32+,33-/m0/s1. The molecule has 0 amide bonds. The van der Waals surface area contributed by atoms with Crippen LogP contribution in [-0.4, -0.2) is 43.7 Å². The van der Waals surface area contributed by atoms with E-state index in [0.29, 0.717) is 19.3 Å². The first kappa shape index (κ1) is 33.6. The molecule has 0 saturated heterocycles. The lowest BCUT2D eigenvalue weighted by Crippen LogP contribution is -2.49. The SMILES string of the molecule is Cc1ccc(C(O[C@@H]2C[C@H](OC(=O)CCC(=O)O)C[C@H](O[Si](C)(C)C(C)(C)C)C2)(c2ccccc2)c2ccc(C)cc2)cc1. The van der Waals surface area contributed by atoms with Gasteiger partial charge in [-0.2, -0.15) is 0 Å². The fourth-order valence-electron chi connectivity index (χ4n) is 5.71. The third-order valence-electron chi connectivity index (χ3n) is 9.13. The van der Waals surface area contributed by atoms with Crippen molar-refractivity contribution in [1.29, 1.82) is 0 Å². The Balaban J connectivity index is 1.78. The molecule has 6 nitrogen and oxygen atoms in total. The summed E-state index contributed by atoms with van der Waals surface area (Å²) in [7, 11) is -2.16. The van der Waals surface area contributed by atoms with E-state index in [1.54, 1.807) is 0 Å². The van der Waals surface area contributed by atoms with E-state index in [1.807, 2.05) is 18.2 Å². The number of carboxylic acid groups (broad SMARTS) is 1. The van der Waals surface area contributed by atoms with Crippen LogP contribution in [0, 0.1) is 13.8 Å². The summed E-state index contributed by atoms with van der Waals surface area (Å²) in [5.41, 5.74) is 4.43. The Morgan fingerprint density at radius 1 is 0.727 bits per heavy atom. The lowest BCUT2D eigenvalue weighted by molar-refractivity contribution is -0.161. The summed E-state index contributed by atoms with van der Waals surface area (Å²) in [5.74, 6) is -1.52. The molecule has 0 heterocycles. The van der Waals surface area contributed by atoms with Crippen molar-refractivity contribution in [2.75, 3.05) is 0 Å². The van der Waals surface area contributed by atoms with E-state index in [1.165, 1.54) is 0 Å². The molecule has 1 N–H and O–H groups in total. The summed E-state index contributed by atoms with van der Waals surface area (Å²) in [5, 5.41) is 9.11. The van der Waals surface area contributed by atoms with Gasteiger partial charge >= 0.3 is 11.9 Å². The maximum atomic E-state index is 12.7. The van der Waals surface area contributed by atoms with Crippen LogP contribution in [0.15, 0.2) is 78.9 Å². The Kier molecular flexibility index (Phi) is 10.5. The van der Waals surface area contributed by atoms with Crippen LogP contribution < -0.4 is 0 Å². The number of carboxylic acids is 1. The predicted molar refractivity (Wildman–Crippen MR) is 176 cm³/mol. The number of hydrogen-bond acceptors (Lipinski definition) is 5. The van der Waals surface area contributed by atoms with Gasteiger partial charge in [-0.15, -0.1) is 0 Å². The molecule has 1 saturated carbocycles. The summed E-state index contributed by atoms with van der Waals surface area (Å²) in [6.45, 7) is 15.3. The number of benzene rings is 3. The van der Waals surface area contributed by atoms with Crippen LogP contribution in [0.25, 0.3) is 0 Å². The molecule has 236 valence electrons. The van der Waals surface area contributed by atoms with Crippen LogP contribution in [0.2, 0.25) is 18.1 Å². The number of carbonyl (C=O) groups excluding carboxylic acids is 1. The first-order chi connectivity index (χ1) is 20.7. The van der Waals surface area contributed by atoms with Crippen LogP contribution in [0.5, 0.6) is 0 Å². The number of rotatable bonds is 11. The highest BCUT2D eigenvalue weighted by atomic mass is 28.4. The topological polar surface area (TPSA) is 82.1 Å². The van der Waals surface area contributed by atoms with Crippen molar-refractivity contribution in [2.45, 2.75) is 109 Å². The molecule has 7 heteroatoms. The van der Waals surface area contributed by atoms with Crippen LogP contribution in [0.3, 0.4) is 0 Å². The molecule has 0 aliphatic heterocycles. The molecular formula is C37H48O6Si. The summed E-state index contributed by atoms with van der Waals surface area (Å²) < 4.78 is 20.2. The van der Waals surface area contributed by atoms with E-state index in [4.69, 9.17) is 19.0 Å². The second-order valence-corrected chi connectivity index (χ2v) is 18.5. The zero-order chi connectivity index (χ0) is 32.1. The number of aliphatic carboxylic acids is 1. The van der Waals surface area contributed by atoms with Crippen molar-refractivity contribution in [3.05, 3.63) is 107 Å². The molecule has 0 unspecified atom stereocenters. The molecule has 44 heavy (non-hydrogen) atoms. The van der Waals surface area contributed by atoms with Crippen molar-refractivity contribution in [1.82, 2.24) is 0 Å². The average molecular weight is 617 g/mol. The molecule has 1 aliphatic carbocycles. The summed E-state index contributed by atoms with van der Waals surface area (Å²) in [6.07, 6.45) is 0.353. The Bertz CT molecular complexity index is 1350. The first-order valence-corrected chi connectivity index (χ1v) is 18.6. The molecule has 3 atom stereocenters. The number of ether oxygens (including phenoxy) is 2. The number of esters is 1. The van der Waals surface area contributed by atoms with Gasteiger partial charge in [0.2, 0.25) is 0 Å². The van der Waals surface area contributed by atoms with Crippen LogP contribution >= 0.6 is 0 Å². The zero-order valence-electron chi connectivity index (χ0n) is 27.3. The Labute approximate surface area is 263 Å². The molecular weight excluding hydrogens is 568 g/mol. The summed E-state index contributed by atoms with van der Waals surface area (Å²) in [4.78, 5) is 23.8. The number of aryl methyl sites for hydroxylation is 2. The van der Waals surface area contributed by atoms with Crippen LogP contribution in [0.1, 0.15) is 80.7 Å². The van der Waals surface area contributed by atoms with Gasteiger partial charge in [0.15, 0.2) is 8.32 Å². The quantitative estimate of drug-likeness (QED) is 0.133. The minimum Gasteiger partial charge on any atom is -0.481 e. The van der Waals surface area contributed by atoms with Gasteiger partial charge in [0, 0.05) is 12.8 Å². The zero-order valence-corrected chi connectivity index (χ0v) is 28.3. The fraction of sp³-hybridized carbons (Fsp3) is 0.459. The second-order valence-electron chi connectivity index (χ2n) is 13.7. The first-order valence-electron chi connectivity index (χ1n) is 15.7. The van der Waals surface area contributed by atoms with E-state index >= 15 is 0 Å². The smallest absolute Gasteiger partial charge is 0.306 e. The molecule has 0 radical (unpaired) electrons. The van der Waals surface area contributed by atoms with Crippen molar-refractivity contribution >= 4 is 20.3 Å². The third kappa shape index (κ3) is 8.06. The van der Waals surface area contributed by atoms with E-state index in [2.05, 4.69) is 108 Å². The highest BCUT2D eigenvalue weighted by Crippen LogP contribution is 2.45. The molecule has 4 rings (SSSR count). The van der Waals surface area contributed by atoms with Gasteiger partial charge in [-0.1, -0.05) is 111 Å². The van der Waals surface area contributed by atoms with E-state index < -0.39 is 32.0 Å². The Morgan fingerprint density at radius 2 is 1.20 bits per heavy atom. The predicted octanol–water partition coefficient (Wildman–Crippen LogP) is 8.33. The van der Waals surface area contributed by atoms with Crippen molar-refractivity contribution < 1.29 is 28.6 Å². The lowest BCUT2D eigenvalue weighted by Gasteiger charge is -2.45. The summed E-state index contributed by atoms with van der Waals surface area (Å²) in [6, 6.07) is 27.3. The van der Waals surface area contributed by atoms with Crippen LogP contribution in [0.4, 0.5) is 0 Å². The van der Waals surface area contributed by atoms with Gasteiger partial charge in [-0.05, 0) is 55.1 Å². The van der Waals surface area contributed by atoms with Gasteiger partial charge in [0.05, 0.1) is 25.0 Å². The highest BCUT2D eigenvalue weighted by molar-refractivity contribution is 6.74. The largest absolute Gasteiger partial charge is 0.481 e. The molecule has 3 aromatic carbocycles. The van der Waals surface area contributed by atoms with Gasteiger partial charge in [-0.25, -0.2) is 0 Å². The third-order valence-corrected chi connectivity index (χ3v) is 13.7. The monoisotopic (exact) mass is 616 g/mol. The Morgan fingerprint density at radius 3 is 1.70 bits per heavy atom. The number of carbonyl (C=O) groups is 2. The van der Waals surface area contributed by atoms with E-state index in [9.17, 15) is 9.59 Å². The fourth-order valence-corrected chi connectivity index (χ4v) is 7.09. The molecule has 3 aromatic rings. The van der Waals surface area contributed by atoms with Crippen molar-refractivity contribution in [3.63, 3.8) is 0 Å². The molecule has 0 spiro atoms. The summed E-state index contributed by atoms with van der Waals surface area (Å²) >= 11 is 0. The molecule has 0 aromatic heterocycles. The molecule has 1 fully saturated rings. The van der Waals surface area contributed by atoms with Gasteiger partial charge in [0.25, 0.3) is 0 Å². The van der Waals surface area contributed by atoms with Gasteiger partial charge in [-0.3, -0.25) is 9.59 Å². The molecule has 1 aliphatic rings. The van der Waals surface area contributed by atoms with E-state index in [-0.39, 0.29) is 30.1 Å². The second kappa shape index (κ2) is 13.8. The lowest BCUT2D eigenvalue weighted by atomic mass is 9.78. The average Bonchev–Trinajstić information content (AvgIpc) is 2.95. The maximum absolute atomic E-state index is 12.7. The molecule has 0 bridgehead atoms. The van der Waals surface area contributed by atoms with Gasteiger partial charge in [0.1, 0.15) is 11.7 Å². The highest BCUT2D eigenvalue weighted by Gasteiger charge is 2.45. The van der Waals surface area contributed by atoms with Crippen molar-refractivity contribution in [3.8, 4) is 0 Å². The van der Waals surface area contributed by atoms with Gasteiger partial charge < -0.3 is 19.0 Å². The normalized spacial score (nSPS) is 19.4. The minimum atomic E-state index is -2.16.